The van der Waals surface area contributed by atoms with Crippen LogP contribution in [-0.2, 0) is 11.3 Å². The summed E-state index contributed by atoms with van der Waals surface area (Å²) >= 11 is 6.12. The fourth-order valence-electron chi connectivity index (χ4n) is 3.07. The Morgan fingerprint density at radius 3 is 2.58 bits per heavy atom. The number of ether oxygens (including phenoxy) is 2. The Kier molecular flexibility index (Phi) is 5.86. The third-order valence-corrected chi connectivity index (χ3v) is 4.79. The molecule has 7 nitrogen and oxygen atoms in total. The third-order valence-electron chi connectivity index (χ3n) is 4.56. The zero-order valence-corrected chi connectivity index (χ0v) is 17.3. The first-order chi connectivity index (χ1) is 15.0. The first kappa shape index (κ1) is 20.4. The van der Waals surface area contributed by atoms with Crippen LogP contribution in [0, 0.1) is 0 Å². The largest absolute Gasteiger partial charge is 0.497 e. The van der Waals surface area contributed by atoms with Gasteiger partial charge in [-0.25, -0.2) is 4.98 Å². The second kappa shape index (κ2) is 8.89. The number of anilines is 1. The number of fused-ring (bicyclic) bond motifs is 1. The van der Waals surface area contributed by atoms with Gasteiger partial charge in [0.1, 0.15) is 18.0 Å². The zero-order valence-electron chi connectivity index (χ0n) is 16.5. The SMILES string of the molecule is COc1ccc(Oc2ccc(Cl)cc2NC(=O)Cn2c(=O)cnc3ccccc32)cc1. The number of methoxy groups -OCH3 is 1. The zero-order chi connectivity index (χ0) is 21.8. The molecule has 1 N–H and O–H groups in total. The number of carbonyl (C=O) groups is 1. The highest BCUT2D eigenvalue weighted by Crippen LogP contribution is 2.32. The minimum Gasteiger partial charge on any atom is -0.497 e. The van der Waals surface area contributed by atoms with Gasteiger partial charge >= 0.3 is 0 Å². The summed E-state index contributed by atoms with van der Waals surface area (Å²) in [5.41, 5.74) is 1.22. The number of hydrogen-bond acceptors (Lipinski definition) is 5. The Morgan fingerprint density at radius 2 is 1.81 bits per heavy atom. The molecule has 0 saturated carbocycles. The van der Waals surface area contributed by atoms with Crippen molar-refractivity contribution in [3.8, 4) is 17.2 Å². The lowest BCUT2D eigenvalue weighted by Crippen LogP contribution is -2.28. The molecule has 31 heavy (non-hydrogen) atoms. The van der Waals surface area contributed by atoms with E-state index >= 15 is 0 Å². The minimum absolute atomic E-state index is 0.184. The molecule has 0 bridgehead atoms. The third kappa shape index (κ3) is 4.67. The van der Waals surface area contributed by atoms with Crippen molar-refractivity contribution < 1.29 is 14.3 Å². The molecule has 156 valence electrons. The fraction of sp³-hybridized carbons (Fsp3) is 0.0870. The maximum Gasteiger partial charge on any atom is 0.269 e. The van der Waals surface area contributed by atoms with E-state index in [1.165, 1.54) is 10.8 Å². The van der Waals surface area contributed by atoms with E-state index in [1.54, 1.807) is 67.8 Å². The predicted octanol–water partition coefficient (Wildman–Crippen LogP) is 4.49. The number of amides is 1. The van der Waals surface area contributed by atoms with Crippen LogP contribution < -0.4 is 20.3 Å². The number of hydrogen-bond donors (Lipinski definition) is 1. The molecule has 0 aliphatic carbocycles. The van der Waals surface area contributed by atoms with Crippen LogP contribution >= 0.6 is 11.6 Å². The Bertz CT molecular complexity index is 1300. The molecule has 1 amide bonds. The van der Waals surface area contributed by atoms with Crippen LogP contribution in [0.1, 0.15) is 0 Å². The van der Waals surface area contributed by atoms with Crippen LogP contribution in [0.4, 0.5) is 5.69 Å². The van der Waals surface area contributed by atoms with E-state index in [4.69, 9.17) is 21.1 Å². The molecule has 3 aromatic carbocycles. The average Bonchev–Trinajstić information content (AvgIpc) is 2.78. The molecular weight excluding hydrogens is 418 g/mol. The summed E-state index contributed by atoms with van der Waals surface area (Å²) in [7, 11) is 1.58. The van der Waals surface area contributed by atoms with Gasteiger partial charge in [0.05, 0.1) is 30.0 Å². The summed E-state index contributed by atoms with van der Waals surface area (Å²) in [4.78, 5) is 29.2. The van der Waals surface area contributed by atoms with E-state index in [1.807, 2.05) is 6.07 Å². The summed E-state index contributed by atoms with van der Waals surface area (Å²) in [5.74, 6) is 1.28. The lowest BCUT2D eigenvalue weighted by Gasteiger charge is -2.14. The molecule has 0 spiro atoms. The van der Waals surface area contributed by atoms with Gasteiger partial charge in [-0.15, -0.1) is 0 Å². The number of para-hydroxylation sites is 2. The molecule has 0 radical (unpaired) electrons. The first-order valence-electron chi connectivity index (χ1n) is 9.39. The quantitative estimate of drug-likeness (QED) is 0.482. The Hall–Kier alpha value is -3.84. The van der Waals surface area contributed by atoms with Gasteiger partial charge in [-0.1, -0.05) is 23.7 Å². The van der Waals surface area contributed by atoms with Crippen molar-refractivity contribution >= 4 is 34.2 Å². The van der Waals surface area contributed by atoms with Crippen LogP contribution in [-0.4, -0.2) is 22.6 Å². The normalized spacial score (nSPS) is 10.6. The highest BCUT2D eigenvalue weighted by atomic mass is 35.5. The smallest absolute Gasteiger partial charge is 0.269 e. The summed E-state index contributed by atoms with van der Waals surface area (Å²) < 4.78 is 12.4. The molecule has 0 fully saturated rings. The Balaban J connectivity index is 1.58. The van der Waals surface area contributed by atoms with Crippen molar-refractivity contribution in [3.63, 3.8) is 0 Å². The van der Waals surface area contributed by atoms with Crippen LogP contribution in [0.15, 0.2) is 77.7 Å². The highest BCUT2D eigenvalue weighted by Gasteiger charge is 2.13. The number of aromatic nitrogens is 2. The molecule has 0 aliphatic heterocycles. The van der Waals surface area contributed by atoms with Gasteiger partial charge in [0.2, 0.25) is 5.91 Å². The van der Waals surface area contributed by atoms with E-state index < -0.39 is 5.91 Å². The molecular formula is C23H18ClN3O4. The van der Waals surface area contributed by atoms with Crippen molar-refractivity contribution in [3.05, 3.63) is 88.3 Å². The standard InChI is InChI=1S/C23H18ClN3O4/c1-30-16-7-9-17(10-8-16)31-21-11-6-15(24)12-19(21)26-22(28)14-27-20-5-3-2-4-18(20)25-13-23(27)29/h2-13H,14H2,1H3,(H,26,28). The van der Waals surface area contributed by atoms with Gasteiger partial charge in [-0.2, -0.15) is 0 Å². The number of halogens is 1. The molecule has 0 aliphatic rings. The number of carbonyl (C=O) groups excluding carboxylic acids is 1. The average molecular weight is 436 g/mol. The van der Waals surface area contributed by atoms with Crippen LogP contribution in [0.5, 0.6) is 17.2 Å². The van der Waals surface area contributed by atoms with E-state index in [2.05, 4.69) is 10.3 Å². The number of benzene rings is 3. The van der Waals surface area contributed by atoms with E-state index in [0.29, 0.717) is 39.0 Å². The summed E-state index contributed by atoms with van der Waals surface area (Å²) in [6.45, 7) is -0.184. The van der Waals surface area contributed by atoms with Crippen molar-refractivity contribution in [1.29, 1.82) is 0 Å². The molecule has 0 atom stereocenters. The number of rotatable bonds is 6. The van der Waals surface area contributed by atoms with E-state index in [0.717, 1.165) is 0 Å². The van der Waals surface area contributed by atoms with Gasteiger partial charge in [0.15, 0.2) is 5.75 Å². The van der Waals surface area contributed by atoms with Crippen molar-refractivity contribution in [2.24, 2.45) is 0 Å². The summed E-state index contributed by atoms with van der Waals surface area (Å²) in [6.07, 6.45) is 1.20. The number of nitrogens with one attached hydrogen (secondary N) is 1. The second-order valence-corrected chi connectivity index (χ2v) is 7.07. The molecule has 8 heteroatoms. The molecule has 4 rings (SSSR count). The lowest BCUT2D eigenvalue weighted by atomic mass is 10.2. The Morgan fingerprint density at radius 1 is 1.06 bits per heavy atom. The van der Waals surface area contributed by atoms with Gasteiger partial charge in [-0.3, -0.25) is 14.2 Å². The van der Waals surface area contributed by atoms with Crippen molar-refractivity contribution in [1.82, 2.24) is 9.55 Å². The fourth-order valence-corrected chi connectivity index (χ4v) is 3.24. The van der Waals surface area contributed by atoms with Crippen molar-refractivity contribution in [2.75, 3.05) is 12.4 Å². The summed E-state index contributed by atoms with van der Waals surface area (Å²) in [6, 6.07) is 19.1. The maximum absolute atomic E-state index is 12.8. The van der Waals surface area contributed by atoms with Gasteiger partial charge < -0.3 is 14.8 Å². The highest BCUT2D eigenvalue weighted by molar-refractivity contribution is 6.31. The van der Waals surface area contributed by atoms with Gasteiger partial charge in [0, 0.05) is 5.02 Å². The van der Waals surface area contributed by atoms with E-state index in [-0.39, 0.29) is 12.1 Å². The number of nitrogens with zero attached hydrogens (tertiary/aromatic N) is 2. The Labute approximate surface area is 182 Å². The monoisotopic (exact) mass is 435 g/mol. The molecule has 4 aromatic rings. The van der Waals surface area contributed by atoms with Gasteiger partial charge in [-0.05, 0) is 54.6 Å². The maximum atomic E-state index is 12.8. The second-order valence-electron chi connectivity index (χ2n) is 6.64. The van der Waals surface area contributed by atoms with Crippen LogP contribution in [0.3, 0.4) is 0 Å². The van der Waals surface area contributed by atoms with Crippen LogP contribution in [0.25, 0.3) is 11.0 Å². The molecule has 0 unspecified atom stereocenters. The minimum atomic E-state index is -0.402. The molecule has 1 aromatic heterocycles. The molecule has 1 heterocycles. The van der Waals surface area contributed by atoms with Gasteiger partial charge in [0.25, 0.3) is 5.56 Å². The lowest BCUT2D eigenvalue weighted by molar-refractivity contribution is -0.116. The predicted molar refractivity (Wildman–Crippen MR) is 119 cm³/mol. The van der Waals surface area contributed by atoms with E-state index in [9.17, 15) is 9.59 Å². The van der Waals surface area contributed by atoms with Crippen LogP contribution in [0.2, 0.25) is 5.02 Å². The summed E-state index contributed by atoms with van der Waals surface area (Å²) in [5, 5.41) is 3.22. The first-order valence-corrected chi connectivity index (χ1v) is 9.77. The van der Waals surface area contributed by atoms with Crippen molar-refractivity contribution in [2.45, 2.75) is 6.54 Å². The topological polar surface area (TPSA) is 82.5 Å². The molecule has 0 saturated heterocycles.